The molecule has 1 unspecified atom stereocenters. The normalized spacial score (nSPS) is 12.5. The lowest BCUT2D eigenvalue weighted by Crippen LogP contribution is -2.26. The largest absolute Gasteiger partial charge is 0.476 e. The molecule has 0 radical (unpaired) electrons. The monoisotopic (exact) mass is 268 g/mol. The average Bonchev–Trinajstić information content (AvgIpc) is 2.38. The minimum atomic E-state index is -0.0729. The molecule has 0 bridgehead atoms. The van der Waals surface area contributed by atoms with Gasteiger partial charge in [0.25, 0.3) is 0 Å². The molecule has 6 heteroatoms. The maximum Gasteiger partial charge on any atom is 0.242 e. The summed E-state index contributed by atoms with van der Waals surface area (Å²) < 4.78 is 5.44. The lowest BCUT2D eigenvalue weighted by molar-refractivity contribution is 0.259. The van der Waals surface area contributed by atoms with Crippen LogP contribution >= 0.6 is 0 Å². The molecular weight excluding hydrogens is 244 g/mol. The van der Waals surface area contributed by atoms with Gasteiger partial charge >= 0.3 is 0 Å². The molecule has 0 saturated carbocycles. The highest BCUT2D eigenvalue weighted by Gasteiger charge is 2.14. The van der Waals surface area contributed by atoms with Crippen molar-refractivity contribution in [3.8, 4) is 5.88 Å². The van der Waals surface area contributed by atoms with E-state index in [-0.39, 0.29) is 12.6 Å². The highest BCUT2D eigenvalue weighted by atomic mass is 16.5. The van der Waals surface area contributed by atoms with Crippen LogP contribution in [0, 0.1) is 5.92 Å². The molecule has 1 heterocycles. The fourth-order valence-corrected chi connectivity index (χ4v) is 1.75. The number of nitrogens with one attached hydrogen (secondary N) is 1. The predicted octanol–water partition coefficient (Wildman–Crippen LogP) is 1.67. The second-order valence-corrected chi connectivity index (χ2v) is 4.94. The van der Waals surface area contributed by atoms with E-state index in [9.17, 15) is 5.11 Å². The average molecular weight is 268 g/mol. The van der Waals surface area contributed by atoms with Crippen molar-refractivity contribution in [1.82, 2.24) is 9.97 Å². The molecule has 0 aliphatic carbocycles. The van der Waals surface area contributed by atoms with E-state index in [0.29, 0.717) is 29.9 Å². The molecular formula is C13H24N4O2. The predicted molar refractivity (Wildman–Crippen MR) is 76.2 cm³/mol. The minimum absolute atomic E-state index is 0.0345. The number of nitrogens with zero attached hydrogens (tertiary/aromatic N) is 2. The maximum atomic E-state index is 9.36. The van der Waals surface area contributed by atoms with Gasteiger partial charge in [-0.1, -0.05) is 20.8 Å². The SMILES string of the molecule is CCCOc1ncnc(NC(CO)CC(C)C)c1N. The molecule has 0 spiro atoms. The first-order chi connectivity index (χ1) is 9.08. The Bertz CT molecular complexity index is 385. The number of aliphatic hydroxyl groups is 1. The van der Waals surface area contributed by atoms with Crippen molar-refractivity contribution in [2.75, 3.05) is 24.3 Å². The number of nitrogens with two attached hydrogens (primary N) is 1. The van der Waals surface area contributed by atoms with Gasteiger partial charge in [-0.2, -0.15) is 4.98 Å². The maximum absolute atomic E-state index is 9.36. The lowest BCUT2D eigenvalue weighted by atomic mass is 10.0. The summed E-state index contributed by atoms with van der Waals surface area (Å²) >= 11 is 0. The van der Waals surface area contributed by atoms with Crippen molar-refractivity contribution < 1.29 is 9.84 Å². The molecule has 1 atom stereocenters. The van der Waals surface area contributed by atoms with Crippen LogP contribution in [0.3, 0.4) is 0 Å². The van der Waals surface area contributed by atoms with Crippen LogP contribution in [0.25, 0.3) is 0 Å². The van der Waals surface area contributed by atoms with Crippen molar-refractivity contribution in [3.05, 3.63) is 6.33 Å². The Hall–Kier alpha value is -1.56. The molecule has 1 rings (SSSR count). The van der Waals surface area contributed by atoms with Gasteiger partial charge in [0, 0.05) is 0 Å². The summed E-state index contributed by atoms with van der Waals surface area (Å²) in [5.74, 6) is 1.38. The third-order valence-corrected chi connectivity index (χ3v) is 2.61. The molecule has 0 aromatic carbocycles. The van der Waals surface area contributed by atoms with Gasteiger partial charge in [-0.25, -0.2) is 4.98 Å². The van der Waals surface area contributed by atoms with Gasteiger partial charge in [-0.3, -0.25) is 0 Å². The van der Waals surface area contributed by atoms with Crippen molar-refractivity contribution in [3.63, 3.8) is 0 Å². The molecule has 19 heavy (non-hydrogen) atoms. The van der Waals surface area contributed by atoms with Gasteiger partial charge in [0.1, 0.15) is 12.0 Å². The summed E-state index contributed by atoms with van der Waals surface area (Å²) in [5.41, 5.74) is 6.35. The summed E-state index contributed by atoms with van der Waals surface area (Å²) in [6.45, 7) is 6.82. The van der Waals surface area contributed by atoms with Crippen LogP contribution in [0.15, 0.2) is 6.33 Å². The Morgan fingerprint density at radius 1 is 1.42 bits per heavy atom. The highest BCUT2D eigenvalue weighted by Crippen LogP contribution is 2.25. The number of nitrogen functional groups attached to an aromatic ring is 1. The van der Waals surface area contributed by atoms with Gasteiger partial charge in [-0.05, 0) is 18.8 Å². The van der Waals surface area contributed by atoms with Gasteiger partial charge in [0.15, 0.2) is 5.82 Å². The molecule has 1 aromatic heterocycles. The number of aromatic nitrogens is 2. The quantitative estimate of drug-likeness (QED) is 0.664. The van der Waals surface area contributed by atoms with Crippen molar-refractivity contribution in [1.29, 1.82) is 0 Å². The number of rotatable bonds is 8. The van der Waals surface area contributed by atoms with Crippen molar-refractivity contribution in [2.24, 2.45) is 5.92 Å². The topological polar surface area (TPSA) is 93.3 Å². The number of hydrogen-bond donors (Lipinski definition) is 3. The van der Waals surface area contributed by atoms with E-state index in [0.717, 1.165) is 12.8 Å². The Balaban J connectivity index is 2.76. The van der Waals surface area contributed by atoms with Gasteiger partial charge in [0.05, 0.1) is 19.3 Å². The van der Waals surface area contributed by atoms with E-state index >= 15 is 0 Å². The standard InChI is InChI=1S/C13H24N4O2/c1-4-5-19-13-11(14)12(15-8-16-13)17-10(7-18)6-9(2)3/h8-10,18H,4-7,14H2,1-3H3,(H,15,16,17). The molecule has 108 valence electrons. The van der Waals surface area contributed by atoms with Gasteiger partial charge in [-0.15, -0.1) is 0 Å². The van der Waals surface area contributed by atoms with Gasteiger partial charge in [0.2, 0.25) is 5.88 Å². The first-order valence-corrected chi connectivity index (χ1v) is 6.69. The fourth-order valence-electron chi connectivity index (χ4n) is 1.75. The number of anilines is 2. The van der Waals surface area contributed by atoms with Crippen LogP contribution in [0.1, 0.15) is 33.6 Å². The first kappa shape index (κ1) is 15.5. The molecule has 0 aliphatic heterocycles. The summed E-state index contributed by atoms with van der Waals surface area (Å²) in [6.07, 6.45) is 3.14. The summed E-state index contributed by atoms with van der Waals surface area (Å²) in [7, 11) is 0. The number of ether oxygens (including phenoxy) is 1. The molecule has 6 nitrogen and oxygen atoms in total. The van der Waals surface area contributed by atoms with E-state index in [4.69, 9.17) is 10.5 Å². The molecule has 0 amide bonds. The third kappa shape index (κ3) is 4.90. The zero-order chi connectivity index (χ0) is 14.3. The van der Waals surface area contributed by atoms with Crippen LogP contribution in [0.5, 0.6) is 5.88 Å². The van der Waals surface area contributed by atoms with Crippen LogP contribution < -0.4 is 15.8 Å². The Morgan fingerprint density at radius 3 is 2.74 bits per heavy atom. The highest BCUT2D eigenvalue weighted by molar-refractivity contribution is 5.66. The van der Waals surface area contributed by atoms with E-state index in [2.05, 4.69) is 29.1 Å². The molecule has 4 N–H and O–H groups in total. The summed E-state index contributed by atoms with van der Waals surface area (Å²) in [6, 6.07) is -0.0729. The van der Waals surface area contributed by atoms with E-state index in [1.54, 1.807) is 0 Å². The second kappa shape index (κ2) is 7.78. The fraction of sp³-hybridized carbons (Fsp3) is 0.692. The van der Waals surface area contributed by atoms with E-state index in [1.165, 1.54) is 6.33 Å². The smallest absolute Gasteiger partial charge is 0.242 e. The summed E-state index contributed by atoms with van der Waals surface area (Å²) in [5, 5.41) is 12.5. The van der Waals surface area contributed by atoms with Crippen LogP contribution in [0.2, 0.25) is 0 Å². The molecule has 0 aliphatic rings. The Morgan fingerprint density at radius 2 is 2.16 bits per heavy atom. The lowest BCUT2D eigenvalue weighted by Gasteiger charge is -2.20. The zero-order valence-corrected chi connectivity index (χ0v) is 11.9. The molecule has 1 aromatic rings. The van der Waals surface area contributed by atoms with Crippen LogP contribution in [-0.2, 0) is 0 Å². The summed E-state index contributed by atoms with van der Waals surface area (Å²) in [4.78, 5) is 8.11. The Kier molecular flexibility index (Phi) is 6.35. The first-order valence-electron chi connectivity index (χ1n) is 6.69. The molecule has 0 saturated heterocycles. The number of hydrogen-bond acceptors (Lipinski definition) is 6. The Labute approximate surface area is 114 Å². The van der Waals surface area contributed by atoms with E-state index in [1.807, 2.05) is 6.92 Å². The third-order valence-electron chi connectivity index (χ3n) is 2.61. The minimum Gasteiger partial charge on any atom is -0.476 e. The van der Waals surface area contributed by atoms with Crippen LogP contribution in [0.4, 0.5) is 11.5 Å². The van der Waals surface area contributed by atoms with E-state index < -0.39 is 0 Å². The second-order valence-electron chi connectivity index (χ2n) is 4.94. The van der Waals surface area contributed by atoms with Crippen molar-refractivity contribution in [2.45, 2.75) is 39.7 Å². The number of aliphatic hydroxyl groups excluding tert-OH is 1. The molecule has 0 fully saturated rings. The van der Waals surface area contributed by atoms with Crippen molar-refractivity contribution >= 4 is 11.5 Å². The van der Waals surface area contributed by atoms with Crippen LogP contribution in [-0.4, -0.2) is 34.3 Å². The van der Waals surface area contributed by atoms with Gasteiger partial charge < -0.3 is 20.9 Å². The zero-order valence-electron chi connectivity index (χ0n) is 11.9.